The van der Waals surface area contributed by atoms with E-state index in [1.807, 2.05) is 0 Å². The molecule has 0 aromatic rings. The van der Waals surface area contributed by atoms with Gasteiger partial charge in [-0.2, -0.15) is 0 Å². The van der Waals surface area contributed by atoms with Crippen LogP contribution in [-0.2, 0) is 9.53 Å². The molecule has 150 valence electrons. The average Bonchev–Trinajstić information content (AvgIpc) is 2.61. The highest BCUT2D eigenvalue weighted by atomic mass is 16.5. The fourth-order valence-corrected chi connectivity index (χ4v) is 3.23. The molecule has 1 unspecified atom stereocenters. The lowest BCUT2D eigenvalue weighted by molar-refractivity contribution is -0.150. The third-order valence-electron chi connectivity index (χ3n) is 4.89. The molecule has 0 aromatic heterocycles. The van der Waals surface area contributed by atoms with Gasteiger partial charge in [0.05, 0.1) is 0 Å². The summed E-state index contributed by atoms with van der Waals surface area (Å²) >= 11 is 0. The van der Waals surface area contributed by atoms with Crippen LogP contribution in [0.25, 0.3) is 0 Å². The van der Waals surface area contributed by atoms with Gasteiger partial charge in [0.1, 0.15) is 6.10 Å². The lowest BCUT2D eigenvalue weighted by Gasteiger charge is -2.18. The molecule has 2 N–H and O–H groups in total. The highest BCUT2D eigenvalue weighted by molar-refractivity contribution is 5.69. The van der Waals surface area contributed by atoms with E-state index < -0.39 is 0 Å². The van der Waals surface area contributed by atoms with E-state index in [1.54, 1.807) is 0 Å². The van der Waals surface area contributed by atoms with Gasteiger partial charge in [-0.25, -0.2) is 0 Å². The molecule has 0 aliphatic rings. The topological polar surface area (TPSA) is 52.3 Å². The predicted octanol–water partition coefficient (Wildman–Crippen LogP) is 6.53. The number of nitrogens with two attached hydrogens (primary N) is 1. The van der Waals surface area contributed by atoms with Crippen LogP contribution in [0.15, 0.2) is 0 Å². The van der Waals surface area contributed by atoms with Crippen LogP contribution in [-0.4, -0.2) is 18.6 Å². The summed E-state index contributed by atoms with van der Waals surface area (Å²) in [6, 6.07) is 0. The molecule has 3 nitrogen and oxygen atoms in total. The molecule has 0 saturated carbocycles. The van der Waals surface area contributed by atoms with Crippen LogP contribution in [0.2, 0.25) is 0 Å². The molecule has 0 rings (SSSR count). The van der Waals surface area contributed by atoms with E-state index in [1.165, 1.54) is 70.6 Å². The molecular formula is C22H45NO2. The van der Waals surface area contributed by atoms with Crippen molar-refractivity contribution in [2.45, 2.75) is 129 Å². The van der Waals surface area contributed by atoms with E-state index in [0.717, 1.165) is 32.1 Å². The summed E-state index contributed by atoms with van der Waals surface area (Å²) in [5, 5.41) is 0. The van der Waals surface area contributed by atoms with Gasteiger partial charge in [-0.05, 0) is 45.1 Å². The number of rotatable bonds is 19. The van der Waals surface area contributed by atoms with Gasteiger partial charge in [0, 0.05) is 6.42 Å². The Kier molecular flexibility index (Phi) is 19.3. The second-order valence-electron chi connectivity index (χ2n) is 7.47. The normalized spacial score (nSPS) is 12.3. The Morgan fingerprint density at radius 2 is 1.20 bits per heavy atom. The van der Waals surface area contributed by atoms with E-state index in [9.17, 15) is 4.79 Å². The summed E-state index contributed by atoms with van der Waals surface area (Å²) < 4.78 is 5.79. The van der Waals surface area contributed by atoms with Crippen LogP contribution in [0.5, 0.6) is 0 Å². The van der Waals surface area contributed by atoms with E-state index >= 15 is 0 Å². The molecule has 0 heterocycles. The van der Waals surface area contributed by atoms with E-state index in [0.29, 0.717) is 13.0 Å². The van der Waals surface area contributed by atoms with E-state index in [2.05, 4.69) is 13.8 Å². The Balaban J connectivity index is 3.93. The molecule has 0 saturated heterocycles. The standard InChI is InChI=1S/C22H45NO2/c1-3-5-7-9-10-11-14-18-21(17-13-8-6-4-2)25-22(24)19-15-12-16-20-23/h21H,3-20,23H2,1-2H3. The average molecular weight is 356 g/mol. The molecule has 0 aliphatic carbocycles. The summed E-state index contributed by atoms with van der Waals surface area (Å²) in [5.41, 5.74) is 5.50. The maximum atomic E-state index is 12.1. The Hall–Kier alpha value is -0.570. The van der Waals surface area contributed by atoms with Gasteiger partial charge in [0.15, 0.2) is 0 Å². The van der Waals surface area contributed by atoms with Crippen LogP contribution in [0.1, 0.15) is 123 Å². The molecule has 0 radical (unpaired) electrons. The first-order valence-corrected chi connectivity index (χ1v) is 11.1. The first kappa shape index (κ1) is 24.4. The van der Waals surface area contributed by atoms with Crippen LogP contribution >= 0.6 is 0 Å². The zero-order valence-corrected chi connectivity index (χ0v) is 17.2. The van der Waals surface area contributed by atoms with Crippen LogP contribution in [0, 0.1) is 0 Å². The second kappa shape index (κ2) is 19.8. The fourth-order valence-electron chi connectivity index (χ4n) is 3.23. The van der Waals surface area contributed by atoms with Gasteiger partial charge in [-0.1, -0.05) is 78.1 Å². The van der Waals surface area contributed by atoms with Gasteiger partial charge in [0.2, 0.25) is 0 Å². The van der Waals surface area contributed by atoms with Gasteiger partial charge in [-0.3, -0.25) is 4.79 Å². The number of hydrogen-bond acceptors (Lipinski definition) is 3. The molecule has 0 fully saturated rings. The Morgan fingerprint density at radius 3 is 1.76 bits per heavy atom. The minimum Gasteiger partial charge on any atom is -0.462 e. The molecule has 0 bridgehead atoms. The summed E-state index contributed by atoms with van der Waals surface area (Å²) in [4.78, 5) is 12.1. The molecule has 3 heteroatoms. The van der Waals surface area contributed by atoms with Crippen molar-refractivity contribution in [1.29, 1.82) is 0 Å². The SMILES string of the molecule is CCCCCCCCCC(CCCCCC)OC(=O)CCCCCN. The fraction of sp³-hybridized carbons (Fsp3) is 0.955. The van der Waals surface area contributed by atoms with Crippen molar-refractivity contribution < 1.29 is 9.53 Å². The molecule has 0 spiro atoms. The van der Waals surface area contributed by atoms with Crippen LogP contribution in [0.4, 0.5) is 0 Å². The first-order chi connectivity index (χ1) is 12.2. The van der Waals surface area contributed by atoms with Crippen molar-refractivity contribution >= 4 is 5.97 Å². The number of ether oxygens (including phenoxy) is 1. The van der Waals surface area contributed by atoms with Gasteiger partial charge >= 0.3 is 5.97 Å². The summed E-state index contributed by atoms with van der Waals surface area (Å²) in [5.74, 6) is 0.000425. The van der Waals surface area contributed by atoms with Crippen molar-refractivity contribution in [3.63, 3.8) is 0 Å². The number of carbonyl (C=O) groups excluding carboxylic acids is 1. The molecule has 25 heavy (non-hydrogen) atoms. The van der Waals surface area contributed by atoms with E-state index in [4.69, 9.17) is 10.5 Å². The van der Waals surface area contributed by atoms with Crippen LogP contribution in [0.3, 0.4) is 0 Å². The summed E-state index contributed by atoms with van der Waals surface area (Å²) in [7, 11) is 0. The third-order valence-corrected chi connectivity index (χ3v) is 4.89. The first-order valence-electron chi connectivity index (χ1n) is 11.1. The van der Waals surface area contributed by atoms with Gasteiger partial charge in [-0.15, -0.1) is 0 Å². The molecule has 1 atom stereocenters. The molecule has 0 aliphatic heterocycles. The molecule has 0 amide bonds. The Bertz CT molecular complexity index is 281. The van der Waals surface area contributed by atoms with Crippen molar-refractivity contribution in [1.82, 2.24) is 0 Å². The smallest absolute Gasteiger partial charge is 0.306 e. The van der Waals surface area contributed by atoms with Crippen LogP contribution < -0.4 is 5.73 Å². The molecule has 0 aromatic carbocycles. The quantitative estimate of drug-likeness (QED) is 0.212. The monoisotopic (exact) mass is 355 g/mol. The Labute approximate surface area is 157 Å². The molecular weight excluding hydrogens is 310 g/mol. The number of unbranched alkanes of at least 4 members (excludes halogenated alkanes) is 11. The maximum Gasteiger partial charge on any atom is 0.306 e. The largest absolute Gasteiger partial charge is 0.462 e. The highest BCUT2D eigenvalue weighted by Crippen LogP contribution is 2.17. The minimum absolute atomic E-state index is 0.000425. The lowest BCUT2D eigenvalue weighted by Crippen LogP contribution is -2.18. The summed E-state index contributed by atoms with van der Waals surface area (Å²) in [6.45, 7) is 5.21. The highest BCUT2D eigenvalue weighted by Gasteiger charge is 2.14. The Morgan fingerprint density at radius 1 is 0.720 bits per heavy atom. The van der Waals surface area contributed by atoms with Crippen molar-refractivity contribution in [2.24, 2.45) is 5.73 Å². The zero-order valence-electron chi connectivity index (χ0n) is 17.2. The maximum absolute atomic E-state index is 12.1. The summed E-state index contributed by atoms with van der Waals surface area (Å²) in [6.07, 6.45) is 20.0. The van der Waals surface area contributed by atoms with Gasteiger partial charge in [0.25, 0.3) is 0 Å². The number of esters is 1. The number of carbonyl (C=O) groups is 1. The number of hydrogen-bond donors (Lipinski definition) is 1. The second-order valence-corrected chi connectivity index (χ2v) is 7.47. The van der Waals surface area contributed by atoms with Crippen molar-refractivity contribution in [3.05, 3.63) is 0 Å². The van der Waals surface area contributed by atoms with Crippen molar-refractivity contribution in [2.75, 3.05) is 6.54 Å². The lowest BCUT2D eigenvalue weighted by atomic mass is 10.0. The van der Waals surface area contributed by atoms with Crippen molar-refractivity contribution in [3.8, 4) is 0 Å². The zero-order chi connectivity index (χ0) is 18.6. The van der Waals surface area contributed by atoms with Gasteiger partial charge < -0.3 is 10.5 Å². The minimum atomic E-state index is 0.000425. The predicted molar refractivity (Wildman–Crippen MR) is 109 cm³/mol. The third kappa shape index (κ3) is 18.0. The van der Waals surface area contributed by atoms with E-state index in [-0.39, 0.29) is 12.1 Å².